The van der Waals surface area contributed by atoms with Gasteiger partial charge in [0.1, 0.15) is 4.88 Å². The van der Waals surface area contributed by atoms with Gasteiger partial charge in [-0.15, -0.1) is 0 Å². The predicted octanol–water partition coefficient (Wildman–Crippen LogP) is 2.42. The largest absolute Gasteiger partial charge is 0.346 e. The van der Waals surface area contributed by atoms with Gasteiger partial charge in [0.2, 0.25) is 0 Å². The smallest absolute Gasteiger partial charge is 0.274 e. The molecule has 0 aliphatic carbocycles. The first kappa shape index (κ1) is 17.2. The standard InChI is InChI=1S/C19H17N5O2S/c1-12-16(27-19(21-12)24-9-5-6-10-24)17(25)20-11-15-13-7-3-4-8-14(13)18(26)23(2)22-15/h3-10H,11H2,1-2H3,(H,20,25). The molecule has 0 aliphatic heterocycles. The van der Waals surface area contributed by atoms with Crippen molar-refractivity contribution in [3.8, 4) is 5.13 Å². The van der Waals surface area contributed by atoms with Crippen LogP contribution in [0.5, 0.6) is 0 Å². The van der Waals surface area contributed by atoms with Crippen molar-refractivity contribution >= 4 is 28.0 Å². The zero-order chi connectivity index (χ0) is 19.0. The molecule has 1 amide bonds. The molecule has 136 valence electrons. The van der Waals surface area contributed by atoms with Crippen molar-refractivity contribution in [3.05, 3.63) is 75.4 Å². The maximum absolute atomic E-state index is 12.7. The Labute approximate surface area is 158 Å². The number of fused-ring (bicyclic) bond motifs is 1. The fourth-order valence-corrected chi connectivity index (χ4v) is 3.87. The first-order chi connectivity index (χ1) is 13.0. The average Bonchev–Trinajstić information content (AvgIpc) is 3.33. The van der Waals surface area contributed by atoms with E-state index in [0.29, 0.717) is 21.7 Å². The first-order valence-corrected chi connectivity index (χ1v) is 9.20. The molecule has 3 aromatic heterocycles. The lowest BCUT2D eigenvalue weighted by Crippen LogP contribution is -2.27. The molecule has 7 nitrogen and oxygen atoms in total. The number of nitrogens with one attached hydrogen (secondary N) is 1. The Balaban J connectivity index is 1.60. The van der Waals surface area contributed by atoms with E-state index in [4.69, 9.17) is 0 Å². The third kappa shape index (κ3) is 3.15. The molecule has 0 spiro atoms. The molecule has 0 saturated heterocycles. The van der Waals surface area contributed by atoms with Crippen LogP contribution in [-0.2, 0) is 13.6 Å². The Morgan fingerprint density at radius 1 is 1.15 bits per heavy atom. The number of carbonyl (C=O) groups excluding carboxylic acids is 1. The summed E-state index contributed by atoms with van der Waals surface area (Å²) in [5, 5.41) is 9.28. The summed E-state index contributed by atoms with van der Waals surface area (Å²) >= 11 is 1.33. The summed E-state index contributed by atoms with van der Waals surface area (Å²) < 4.78 is 3.17. The van der Waals surface area contributed by atoms with Crippen LogP contribution < -0.4 is 10.9 Å². The minimum atomic E-state index is -0.205. The van der Waals surface area contributed by atoms with Gasteiger partial charge in [0.25, 0.3) is 11.5 Å². The molecule has 0 bridgehead atoms. The van der Waals surface area contributed by atoms with Crippen molar-refractivity contribution in [2.75, 3.05) is 0 Å². The number of hydrogen-bond donors (Lipinski definition) is 1. The van der Waals surface area contributed by atoms with Gasteiger partial charge in [0.05, 0.1) is 23.3 Å². The number of aromatic nitrogens is 4. The van der Waals surface area contributed by atoms with Crippen LogP contribution in [0.1, 0.15) is 21.1 Å². The SMILES string of the molecule is Cc1nc(-n2cccc2)sc1C(=O)NCc1nn(C)c(=O)c2ccccc12. The maximum atomic E-state index is 12.7. The zero-order valence-electron chi connectivity index (χ0n) is 14.8. The number of rotatable bonds is 4. The summed E-state index contributed by atoms with van der Waals surface area (Å²) in [5.41, 5.74) is 1.17. The molecule has 3 heterocycles. The Bertz CT molecular complexity index is 1190. The second-order valence-corrected chi connectivity index (χ2v) is 7.08. The number of benzene rings is 1. The molecule has 4 aromatic rings. The normalized spacial score (nSPS) is 11.0. The van der Waals surface area contributed by atoms with E-state index in [9.17, 15) is 9.59 Å². The molecule has 0 radical (unpaired) electrons. The first-order valence-electron chi connectivity index (χ1n) is 8.38. The third-order valence-electron chi connectivity index (χ3n) is 4.27. The van der Waals surface area contributed by atoms with E-state index in [1.165, 1.54) is 16.0 Å². The van der Waals surface area contributed by atoms with Crippen LogP contribution >= 0.6 is 11.3 Å². The van der Waals surface area contributed by atoms with Crippen molar-refractivity contribution in [1.29, 1.82) is 0 Å². The highest BCUT2D eigenvalue weighted by Crippen LogP contribution is 2.22. The second-order valence-electron chi connectivity index (χ2n) is 6.11. The Morgan fingerprint density at radius 3 is 2.59 bits per heavy atom. The molecule has 0 unspecified atom stereocenters. The summed E-state index contributed by atoms with van der Waals surface area (Å²) in [6.45, 7) is 2.04. The Hall–Kier alpha value is -3.26. The minimum absolute atomic E-state index is 0.157. The van der Waals surface area contributed by atoms with Gasteiger partial charge < -0.3 is 9.88 Å². The lowest BCUT2D eigenvalue weighted by Gasteiger charge is -2.09. The molecular weight excluding hydrogens is 362 g/mol. The van der Waals surface area contributed by atoms with E-state index >= 15 is 0 Å². The molecule has 1 aromatic carbocycles. The van der Waals surface area contributed by atoms with Gasteiger partial charge in [0.15, 0.2) is 5.13 Å². The maximum Gasteiger partial charge on any atom is 0.274 e. The van der Waals surface area contributed by atoms with Crippen molar-refractivity contribution in [2.24, 2.45) is 7.05 Å². The van der Waals surface area contributed by atoms with Crippen LogP contribution in [0.3, 0.4) is 0 Å². The summed E-state index contributed by atoms with van der Waals surface area (Å²) in [4.78, 5) is 29.9. The van der Waals surface area contributed by atoms with Crippen LogP contribution in [-0.4, -0.2) is 25.2 Å². The fourth-order valence-electron chi connectivity index (χ4n) is 2.92. The summed E-state index contributed by atoms with van der Waals surface area (Å²) in [7, 11) is 1.61. The number of nitrogens with zero attached hydrogens (tertiary/aromatic N) is 4. The van der Waals surface area contributed by atoms with E-state index in [-0.39, 0.29) is 18.0 Å². The number of amides is 1. The summed E-state index contributed by atoms with van der Waals surface area (Å²) in [5.74, 6) is -0.205. The van der Waals surface area contributed by atoms with Crippen LogP contribution in [0.25, 0.3) is 15.9 Å². The topological polar surface area (TPSA) is 81.8 Å². The lowest BCUT2D eigenvalue weighted by atomic mass is 10.1. The molecular formula is C19H17N5O2S. The van der Waals surface area contributed by atoms with Crippen molar-refractivity contribution in [1.82, 2.24) is 24.6 Å². The summed E-state index contributed by atoms with van der Waals surface area (Å²) in [6, 6.07) is 11.1. The van der Waals surface area contributed by atoms with Crippen LogP contribution in [0.15, 0.2) is 53.6 Å². The van der Waals surface area contributed by atoms with Gasteiger partial charge >= 0.3 is 0 Å². The average molecular weight is 379 g/mol. The van der Waals surface area contributed by atoms with Gasteiger partial charge in [-0.05, 0) is 25.1 Å². The van der Waals surface area contributed by atoms with E-state index in [2.05, 4.69) is 15.4 Å². The van der Waals surface area contributed by atoms with E-state index in [1.807, 2.05) is 54.2 Å². The number of carbonyl (C=O) groups is 1. The predicted molar refractivity (Wildman–Crippen MR) is 104 cm³/mol. The van der Waals surface area contributed by atoms with E-state index < -0.39 is 0 Å². The molecule has 0 aliphatic rings. The molecule has 8 heteroatoms. The van der Waals surface area contributed by atoms with Crippen LogP contribution in [0.2, 0.25) is 0 Å². The Kier molecular flexibility index (Phi) is 4.33. The second kappa shape index (κ2) is 6.81. The zero-order valence-corrected chi connectivity index (χ0v) is 15.7. The lowest BCUT2D eigenvalue weighted by molar-refractivity contribution is 0.0953. The highest BCUT2D eigenvalue weighted by molar-refractivity contribution is 7.16. The fraction of sp³-hybridized carbons (Fsp3) is 0.158. The summed E-state index contributed by atoms with van der Waals surface area (Å²) in [6.07, 6.45) is 3.78. The van der Waals surface area contributed by atoms with Crippen molar-refractivity contribution in [3.63, 3.8) is 0 Å². The monoisotopic (exact) mass is 379 g/mol. The van der Waals surface area contributed by atoms with Crippen molar-refractivity contribution < 1.29 is 4.79 Å². The Morgan fingerprint density at radius 2 is 1.85 bits per heavy atom. The molecule has 4 rings (SSSR count). The number of thiazole rings is 1. The number of hydrogen-bond acceptors (Lipinski definition) is 5. The molecule has 0 fully saturated rings. The van der Waals surface area contributed by atoms with Gasteiger partial charge in [0, 0.05) is 24.8 Å². The van der Waals surface area contributed by atoms with Gasteiger partial charge in [-0.2, -0.15) is 5.10 Å². The molecule has 0 saturated carbocycles. The van der Waals surface area contributed by atoms with Gasteiger partial charge in [-0.1, -0.05) is 29.5 Å². The quantitative estimate of drug-likeness (QED) is 0.590. The molecule has 1 N–H and O–H groups in total. The van der Waals surface area contributed by atoms with Crippen LogP contribution in [0.4, 0.5) is 0 Å². The van der Waals surface area contributed by atoms with Crippen LogP contribution in [0, 0.1) is 6.92 Å². The van der Waals surface area contributed by atoms with Crippen molar-refractivity contribution in [2.45, 2.75) is 13.5 Å². The third-order valence-corrected chi connectivity index (χ3v) is 5.44. The van der Waals surface area contributed by atoms with Gasteiger partial charge in [-0.3, -0.25) is 9.59 Å². The molecule has 27 heavy (non-hydrogen) atoms. The van der Waals surface area contributed by atoms with Gasteiger partial charge in [-0.25, -0.2) is 9.67 Å². The highest BCUT2D eigenvalue weighted by atomic mass is 32.1. The number of aryl methyl sites for hydroxylation is 2. The molecule has 0 atom stereocenters. The highest BCUT2D eigenvalue weighted by Gasteiger charge is 2.17. The van der Waals surface area contributed by atoms with E-state index in [1.54, 1.807) is 13.1 Å². The minimum Gasteiger partial charge on any atom is -0.346 e. The van der Waals surface area contributed by atoms with E-state index in [0.717, 1.165) is 10.5 Å².